The van der Waals surface area contributed by atoms with Gasteiger partial charge in [0.1, 0.15) is 16.9 Å². The van der Waals surface area contributed by atoms with E-state index in [2.05, 4.69) is 0 Å². The molecule has 0 N–H and O–H groups in total. The molecule has 3 heteroatoms. The van der Waals surface area contributed by atoms with Crippen LogP contribution in [0.1, 0.15) is 18.1 Å². The number of para-hydroxylation sites is 2. The molecule has 0 aromatic heterocycles. The zero-order valence-corrected chi connectivity index (χ0v) is 9.84. The second kappa shape index (κ2) is 3.60. The quantitative estimate of drug-likeness (QED) is 0.767. The summed E-state index contributed by atoms with van der Waals surface area (Å²) in [5.41, 5.74) is 0.0817. The first-order valence-electron chi connectivity index (χ1n) is 5.72. The predicted molar refractivity (Wildman–Crippen MR) is 65.1 cm³/mol. The molecular formula is C15H11O3. The SMILES string of the molecule is CC1(C([O])=O)c2ccccc2Oc2ccccc21. The van der Waals surface area contributed by atoms with Crippen LogP contribution in [0.3, 0.4) is 0 Å². The molecule has 0 saturated heterocycles. The van der Waals surface area contributed by atoms with E-state index in [1.165, 1.54) is 0 Å². The average molecular weight is 239 g/mol. The molecule has 2 aromatic carbocycles. The number of fused-ring (bicyclic) bond motifs is 2. The highest BCUT2D eigenvalue weighted by Crippen LogP contribution is 2.47. The van der Waals surface area contributed by atoms with Gasteiger partial charge < -0.3 is 4.74 Å². The molecule has 89 valence electrons. The van der Waals surface area contributed by atoms with Crippen LogP contribution in [-0.4, -0.2) is 5.97 Å². The average Bonchev–Trinajstić information content (AvgIpc) is 2.39. The Bertz CT molecular complexity index is 586. The molecule has 2 aromatic rings. The summed E-state index contributed by atoms with van der Waals surface area (Å²) in [7, 11) is 0. The lowest BCUT2D eigenvalue weighted by molar-refractivity contribution is -0.148. The van der Waals surface area contributed by atoms with Crippen LogP contribution in [0.25, 0.3) is 0 Å². The fourth-order valence-corrected chi connectivity index (χ4v) is 2.42. The molecule has 0 amide bonds. The lowest BCUT2D eigenvalue weighted by Crippen LogP contribution is -2.35. The number of hydrogen-bond acceptors (Lipinski definition) is 2. The Hall–Kier alpha value is -2.29. The molecule has 1 radical (unpaired) electrons. The Labute approximate surface area is 105 Å². The van der Waals surface area contributed by atoms with Gasteiger partial charge in [-0.05, 0) is 19.1 Å². The van der Waals surface area contributed by atoms with Crippen molar-refractivity contribution in [2.75, 3.05) is 0 Å². The summed E-state index contributed by atoms with van der Waals surface area (Å²) in [6.45, 7) is 1.66. The monoisotopic (exact) mass is 239 g/mol. The highest BCUT2D eigenvalue weighted by Gasteiger charge is 2.45. The van der Waals surface area contributed by atoms with Crippen molar-refractivity contribution in [1.29, 1.82) is 0 Å². The Morgan fingerprint density at radius 2 is 1.39 bits per heavy atom. The van der Waals surface area contributed by atoms with Crippen molar-refractivity contribution in [3.8, 4) is 11.5 Å². The first-order valence-corrected chi connectivity index (χ1v) is 5.72. The second-order valence-corrected chi connectivity index (χ2v) is 4.51. The molecular weight excluding hydrogens is 228 g/mol. The number of ether oxygens (including phenoxy) is 1. The highest BCUT2D eigenvalue weighted by atomic mass is 16.5. The summed E-state index contributed by atoms with van der Waals surface area (Å²) in [5, 5.41) is 11.6. The van der Waals surface area contributed by atoms with Crippen molar-refractivity contribution >= 4 is 5.97 Å². The van der Waals surface area contributed by atoms with E-state index in [-0.39, 0.29) is 0 Å². The van der Waals surface area contributed by atoms with Gasteiger partial charge in [-0.15, -0.1) is 0 Å². The van der Waals surface area contributed by atoms with E-state index in [0.29, 0.717) is 22.6 Å². The van der Waals surface area contributed by atoms with Gasteiger partial charge in [0.05, 0.1) is 0 Å². The molecule has 0 spiro atoms. The van der Waals surface area contributed by atoms with Gasteiger partial charge >= 0.3 is 5.97 Å². The molecule has 1 heterocycles. The minimum absolute atomic E-state index is 0.572. The Morgan fingerprint density at radius 1 is 0.944 bits per heavy atom. The van der Waals surface area contributed by atoms with Gasteiger partial charge in [0.25, 0.3) is 0 Å². The van der Waals surface area contributed by atoms with Crippen LogP contribution in [0.5, 0.6) is 11.5 Å². The molecule has 0 fully saturated rings. The van der Waals surface area contributed by atoms with Crippen molar-refractivity contribution in [3.63, 3.8) is 0 Å². The van der Waals surface area contributed by atoms with Gasteiger partial charge in [0.15, 0.2) is 0 Å². The standard InChI is InChI=1S/C15H11O3/c1-15(14(16)17)10-6-2-4-8-12(10)18-13-9-5-3-7-11(13)15/h2-9H,1H3. The maximum absolute atomic E-state index is 11.6. The minimum atomic E-state index is -1.18. The summed E-state index contributed by atoms with van der Waals surface area (Å²) in [4.78, 5) is 11.6. The van der Waals surface area contributed by atoms with Crippen LogP contribution < -0.4 is 4.74 Å². The number of benzene rings is 2. The van der Waals surface area contributed by atoms with Gasteiger partial charge in [0.2, 0.25) is 0 Å². The van der Waals surface area contributed by atoms with Crippen molar-refractivity contribution < 1.29 is 14.6 Å². The van der Waals surface area contributed by atoms with E-state index < -0.39 is 11.4 Å². The van der Waals surface area contributed by atoms with Crippen LogP contribution >= 0.6 is 0 Å². The second-order valence-electron chi connectivity index (χ2n) is 4.51. The topological polar surface area (TPSA) is 46.2 Å². The molecule has 0 atom stereocenters. The lowest BCUT2D eigenvalue weighted by atomic mass is 9.74. The summed E-state index contributed by atoms with van der Waals surface area (Å²) < 4.78 is 5.73. The first kappa shape index (κ1) is 10.8. The van der Waals surface area contributed by atoms with E-state index in [1.807, 2.05) is 12.1 Å². The zero-order valence-electron chi connectivity index (χ0n) is 9.84. The van der Waals surface area contributed by atoms with Gasteiger partial charge in [-0.2, -0.15) is 0 Å². The third-order valence-corrected chi connectivity index (χ3v) is 3.48. The molecule has 3 nitrogen and oxygen atoms in total. The van der Waals surface area contributed by atoms with E-state index in [1.54, 1.807) is 43.3 Å². The molecule has 0 unspecified atom stereocenters. The molecule has 0 bridgehead atoms. The van der Waals surface area contributed by atoms with Crippen LogP contribution in [0.4, 0.5) is 0 Å². The van der Waals surface area contributed by atoms with Crippen LogP contribution in [0, 0.1) is 0 Å². The molecule has 0 saturated carbocycles. The fraction of sp³-hybridized carbons (Fsp3) is 0.133. The van der Waals surface area contributed by atoms with E-state index in [9.17, 15) is 9.90 Å². The van der Waals surface area contributed by atoms with Gasteiger partial charge in [0, 0.05) is 11.1 Å². The van der Waals surface area contributed by atoms with Crippen molar-refractivity contribution in [3.05, 3.63) is 59.7 Å². The summed E-state index contributed by atoms with van der Waals surface area (Å²) in [5.74, 6) is 0.0245. The lowest BCUT2D eigenvalue weighted by Gasteiger charge is -2.32. The molecule has 1 aliphatic rings. The number of carbonyl (C=O) groups is 1. The first-order chi connectivity index (χ1) is 8.64. The van der Waals surface area contributed by atoms with Crippen LogP contribution in [0.2, 0.25) is 0 Å². The van der Waals surface area contributed by atoms with E-state index in [0.717, 1.165) is 0 Å². The van der Waals surface area contributed by atoms with Gasteiger partial charge in [-0.1, -0.05) is 36.4 Å². The zero-order chi connectivity index (χ0) is 12.8. The largest absolute Gasteiger partial charge is 0.457 e. The van der Waals surface area contributed by atoms with Crippen molar-refractivity contribution in [1.82, 2.24) is 0 Å². The van der Waals surface area contributed by atoms with Gasteiger partial charge in [-0.25, -0.2) is 9.90 Å². The molecule has 1 aliphatic heterocycles. The predicted octanol–water partition coefficient (Wildman–Crippen LogP) is 3.06. The van der Waals surface area contributed by atoms with E-state index >= 15 is 0 Å². The third kappa shape index (κ3) is 1.27. The smallest absolute Gasteiger partial charge is 0.370 e. The van der Waals surface area contributed by atoms with Crippen LogP contribution in [0.15, 0.2) is 48.5 Å². The Balaban J connectivity index is 2.34. The fourth-order valence-electron chi connectivity index (χ4n) is 2.42. The van der Waals surface area contributed by atoms with Crippen molar-refractivity contribution in [2.45, 2.75) is 12.3 Å². The number of rotatable bonds is 1. The maximum atomic E-state index is 11.6. The molecule has 0 aliphatic carbocycles. The molecule has 3 rings (SSSR count). The van der Waals surface area contributed by atoms with Crippen molar-refractivity contribution in [2.24, 2.45) is 0 Å². The molecule has 18 heavy (non-hydrogen) atoms. The normalized spacial score (nSPS) is 15.2. The summed E-state index contributed by atoms with van der Waals surface area (Å²) in [6.07, 6.45) is 0. The third-order valence-electron chi connectivity index (χ3n) is 3.48. The highest BCUT2D eigenvalue weighted by molar-refractivity contribution is 5.88. The summed E-state index contributed by atoms with van der Waals surface area (Å²) in [6, 6.07) is 14.3. The Morgan fingerprint density at radius 3 is 1.83 bits per heavy atom. The minimum Gasteiger partial charge on any atom is -0.457 e. The van der Waals surface area contributed by atoms with E-state index in [4.69, 9.17) is 4.74 Å². The number of hydrogen-bond donors (Lipinski definition) is 0. The Kier molecular flexibility index (Phi) is 2.17. The van der Waals surface area contributed by atoms with Crippen LogP contribution in [-0.2, 0) is 15.3 Å². The number of carbonyl (C=O) groups excluding carboxylic acids is 1. The van der Waals surface area contributed by atoms with Gasteiger partial charge in [-0.3, -0.25) is 0 Å². The summed E-state index contributed by atoms with van der Waals surface area (Å²) >= 11 is 0. The maximum Gasteiger partial charge on any atom is 0.370 e.